The van der Waals surface area contributed by atoms with Crippen LogP contribution in [0.15, 0.2) is 42.5 Å². The predicted molar refractivity (Wildman–Crippen MR) is 148 cm³/mol. The highest BCUT2D eigenvalue weighted by Crippen LogP contribution is 2.43. The third-order valence-corrected chi connectivity index (χ3v) is 8.24. The van der Waals surface area contributed by atoms with Crippen LogP contribution in [0.5, 0.6) is 11.5 Å². The molecule has 4 rings (SSSR count). The minimum absolute atomic E-state index is 0.0300. The molecule has 1 atom stereocenters. The lowest BCUT2D eigenvalue weighted by atomic mass is 9.74. The van der Waals surface area contributed by atoms with Crippen molar-refractivity contribution in [1.29, 1.82) is 0 Å². The first-order valence-corrected chi connectivity index (χ1v) is 14.2. The maximum Gasteiger partial charge on any atom is 0.430 e. The standard InChI is InChI=1S/C30H36ClF3N2O5/c1-4-40-22-7-5-6-21(17-22)29(39,30(32,33)34)28(38)36-12-10-19(11-13-36)14-20-15-24(16-20)41-23-8-9-25(26(31)18-23)27(37)35(2)3/h5-9,17-20,24,39H,4,10-16H2,1-3H3/t20-,24+,29?. The fourth-order valence-corrected chi connectivity index (χ4v) is 5.85. The molecule has 2 aromatic rings. The Bertz CT molecular complexity index is 1240. The number of aliphatic hydroxyl groups is 1. The smallest absolute Gasteiger partial charge is 0.430 e. The zero-order valence-electron chi connectivity index (χ0n) is 23.4. The summed E-state index contributed by atoms with van der Waals surface area (Å²) < 4.78 is 53.7. The molecule has 1 heterocycles. The van der Waals surface area contributed by atoms with Gasteiger partial charge in [0.05, 0.1) is 23.3 Å². The zero-order valence-corrected chi connectivity index (χ0v) is 24.2. The molecule has 1 N–H and O–H groups in total. The fourth-order valence-electron chi connectivity index (χ4n) is 5.60. The third kappa shape index (κ3) is 6.75. The van der Waals surface area contributed by atoms with Gasteiger partial charge in [0.2, 0.25) is 0 Å². The summed E-state index contributed by atoms with van der Waals surface area (Å²) in [4.78, 5) is 27.9. The Labute approximate surface area is 243 Å². The molecule has 2 amide bonds. The van der Waals surface area contributed by atoms with Gasteiger partial charge in [-0.25, -0.2) is 0 Å². The van der Waals surface area contributed by atoms with Crippen molar-refractivity contribution in [3.8, 4) is 11.5 Å². The van der Waals surface area contributed by atoms with Gasteiger partial charge in [-0.1, -0.05) is 23.7 Å². The van der Waals surface area contributed by atoms with E-state index in [9.17, 15) is 27.9 Å². The van der Waals surface area contributed by atoms with Crippen molar-refractivity contribution >= 4 is 23.4 Å². The number of benzene rings is 2. The summed E-state index contributed by atoms with van der Waals surface area (Å²) in [6.07, 6.45) is -1.44. The molecule has 2 fully saturated rings. The van der Waals surface area contributed by atoms with E-state index in [1.807, 2.05) is 0 Å². The first-order valence-electron chi connectivity index (χ1n) is 13.8. The molecule has 224 valence electrons. The number of likely N-dealkylation sites (tertiary alicyclic amines) is 1. The van der Waals surface area contributed by atoms with E-state index in [0.717, 1.165) is 36.3 Å². The molecule has 0 bridgehead atoms. The van der Waals surface area contributed by atoms with Crippen LogP contribution in [0.4, 0.5) is 13.2 Å². The number of carbonyl (C=O) groups is 2. The highest BCUT2D eigenvalue weighted by molar-refractivity contribution is 6.34. The molecular weight excluding hydrogens is 561 g/mol. The van der Waals surface area contributed by atoms with Crippen LogP contribution in [0.1, 0.15) is 54.9 Å². The van der Waals surface area contributed by atoms with Crippen LogP contribution in [-0.4, -0.2) is 72.8 Å². The minimum Gasteiger partial charge on any atom is -0.494 e. The maximum atomic E-state index is 14.1. The number of nitrogens with zero attached hydrogens (tertiary/aromatic N) is 2. The van der Waals surface area contributed by atoms with Crippen LogP contribution >= 0.6 is 11.6 Å². The quantitative estimate of drug-likeness (QED) is 0.403. The maximum absolute atomic E-state index is 14.1. The highest BCUT2D eigenvalue weighted by Gasteiger charge is 2.62. The molecular formula is C30H36ClF3N2O5. The summed E-state index contributed by atoms with van der Waals surface area (Å²) in [5.41, 5.74) is -3.79. The van der Waals surface area contributed by atoms with E-state index in [1.54, 1.807) is 39.2 Å². The number of alkyl halides is 3. The van der Waals surface area contributed by atoms with Crippen LogP contribution in [-0.2, 0) is 10.4 Å². The van der Waals surface area contributed by atoms with E-state index >= 15 is 0 Å². The average molecular weight is 597 g/mol. The van der Waals surface area contributed by atoms with Crippen molar-refractivity contribution in [3.63, 3.8) is 0 Å². The first kappa shape index (κ1) is 31.0. The molecule has 1 saturated carbocycles. The van der Waals surface area contributed by atoms with Gasteiger partial charge in [-0.05, 0) is 81.2 Å². The van der Waals surface area contributed by atoms with E-state index < -0.39 is 23.2 Å². The van der Waals surface area contributed by atoms with Crippen molar-refractivity contribution < 1.29 is 37.3 Å². The summed E-state index contributed by atoms with van der Waals surface area (Å²) >= 11 is 6.27. The number of halogens is 4. The molecule has 1 unspecified atom stereocenters. The van der Waals surface area contributed by atoms with Gasteiger partial charge < -0.3 is 24.4 Å². The number of carbonyl (C=O) groups excluding carboxylic acids is 2. The molecule has 1 aliphatic carbocycles. The molecule has 0 aromatic heterocycles. The average Bonchev–Trinajstić information content (AvgIpc) is 2.90. The minimum atomic E-state index is -5.20. The summed E-state index contributed by atoms with van der Waals surface area (Å²) in [5.74, 6) is -0.0872. The van der Waals surface area contributed by atoms with E-state index in [4.69, 9.17) is 21.1 Å². The van der Waals surface area contributed by atoms with Gasteiger partial charge in [-0.2, -0.15) is 13.2 Å². The Hall–Kier alpha value is -2.98. The van der Waals surface area contributed by atoms with E-state index in [-0.39, 0.29) is 43.4 Å². The molecule has 2 aromatic carbocycles. The van der Waals surface area contributed by atoms with Crippen LogP contribution in [0.25, 0.3) is 0 Å². The topological polar surface area (TPSA) is 79.3 Å². The van der Waals surface area contributed by atoms with Crippen molar-refractivity contribution in [1.82, 2.24) is 9.80 Å². The van der Waals surface area contributed by atoms with Crippen LogP contribution in [0, 0.1) is 11.8 Å². The van der Waals surface area contributed by atoms with Crippen molar-refractivity contribution in [2.75, 3.05) is 33.8 Å². The van der Waals surface area contributed by atoms with Crippen molar-refractivity contribution in [2.45, 2.75) is 56.9 Å². The Morgan fingerprint density at radius 1 is 1.05 bits per heavy atom. The lowest BCUT2D eigenvalue weighted by Crippen LogP contribution is -2.57. The number of piperidine rings is 1. The second-order valence-corrected chi connectivity index (χ2v) is 11.5. The molecule has 0 radical (unpaired) electrons. The molecule has 41 heavy (non-hydrogen) atoms. The van der Waals surface area contributed by atoms with Gasteiger partial charge in [0, 0.05) is 32.7 Å². The Kier molecular flexibility index (Phi) is 9.43. The van der Waals surface area contributed by atoms with Crippen molar-refractivity contribution in [2.24, 2.45) is 11.8 Å². The predicted octanol–water partition coefficient (Wildman–Crippen LogP) is 5.68. The number of amides is 2. The zero-order chi connectivity index (χ0) is 29.9. The van der Waals surface area contributed by atoms with Gasteiger partial charge in [-0.3, -0.25) is 9.59 Å². The van der Waals surface area contributed by atoms with Crippen molar-refractivity contribution in [3.05, 3.63) is 58.6 Å². The summed E-state index contributed by atoms with van der Waals surface area (Å²) in [6.45, 7) is 2.23. The second kappa shape index (κ2) is 12.5. The fraction of sp³-hybridized carbons (Fsp3) is 0.533. The highest BCUT2D eigenvalue weighted by atomic mass is 35.5. The SMILES string of the molecule is CCOc1cccc(C(O)(C(=O)N2CCC(C[C@H]3C[C@@H](Oc4ccc(C(=O)N(C)C)c(Cl)c4)C3)CC2)C(F)(F)F)c1. The largest absolute Gasteiger partial charge is 0.494 e. The van der Waals surface area contributed by atoms with Gasteiger partial charge in [0.15, 0.2) is 0 Å². The number of rotatable bonds is 9. The molecule has 2 aliphatic rings. The van der Waals surface area contributed by atoms with E-state index in [2.05, 4.69) is 0 Å². The number of hydrogen-bond acceptors (Lipinski definition) is 5. The molecule has 1 aliphatic heterocycles. The van der Waals surface area contributed by atoms with Gasteiger partial charge in [0.1, 0.15) is 11.5 Å². The van der Waals surface area contributed by atoms with Gasteiger partial charge in [0.25, 0.3) is 17.4 Å². The molecule has 11 heteroatoms. The monoisotopic (exact) mass is 596 g/mol. The van der Waals surface area contributed by atoms with Crippen LogP contribution in [0.2, 0.25) is 5.02 Å². The van der Waals surface area contributed by atoms with Crippen LogP contribution < -0.4 is 9.47 Å². The first-order chi connectivity index (χ1) is 19.3. The van der Waals surface area contributed by atoms with Gasteiger partial charge in [-0.15, -0.1) is 0 Å². The normalized spacial score (nSPS) is 21.0. The lowest BCUT2D eigenvalue weighted by Gasteiger charge is -2.41. The lowest BCUT2D eigenvalue weighted by molar-refractivity contribution is -0.262. The van der Waals surface area contributed by atoms with E-state index in [1.165, 1.54) is 17.0 Å². The number of hydrogen-bond donors (Lipinski definition) is 1. The molecule has 0 spiro atoms. The van der Waals surface area contributed by atoms with Crippen LogP contribution in [0.3, 0.4) is 0 Å². The third-order valence-electron chi connectivity index (χ3n) is 7.92. The molecule has 7 nitrogen and oxygen atoms in total. The summed E-state index contributed by atoms with van der Waals surface area (Å²) in [5, 5.41) is 11.1. The number of ether oxygens (including phenoxy) is 2. The Morgan fingerprint density at radius 3 is 2.32 bits per heavy atom. The van der Waals surface area contributed by atoms with Gasteiger partial charge >= 0.3 is 6.18 Å². The Morgan fingerprint density at radius 2 is 1.73 bits per heavy atom. The molecule has 1 saturated heterocycles. The Balaban J connectivity index is 1.28. The van der Waals surface area contributed by atoms with E-state index in [0.29, 0.717) is 35.1 Å². The summed E-state index contributed by atoms with van der Waals surface area (Å²) in [6, 6.07) is 10.0. The summed E-state index contributed by atoms with van der Waals surface area (Å²) in [7, 11) is 3.32. The second-order valence-electron chi connectivity index (χ2n) is 11.1.